The molecular formula is C39H39N5O8S. The highest BCUT2D eigenvalue weighted by Gasteiger charge is 2.61. The van der Waals surface area contributed by atoms with Crippen LogP contribution in [0.15, 0.2) is 115 Å². The van der Waals surface area contributed by atoms with E-state index in [1.165, 1.54) is 42.2 Å². The molecule has 0 radical (unpaired) electrons. The van der Waals surface area contributed by atoms with Crippen LogP contribution >= 0.6 is 0 Å². The first-order valence-corrected chi connectivity index (χ1v) is 18.4. The lowest BCUT2D eigenvalue weighted by atomic mass is 10.1. The van der Waals surface area contributed by atoms with Crippen molar-refractivity contribution >= 4 is 44.6 Å². The van der Waals surface area contributed by atoms with Crippen molar-refractivity contribution in [2.75, 3.05) is 13.7 Å². The van der Waals surface area contributed by atoms with E-state index >= 15 is 0 Å². The molecule has 1 saturated heterocycles. The molecule has 5 atom stereocenters. The molecule has 53 heavy (non-hydrogen) atoms. The van der Waals surface area contributed by atoms with Gasteiger partial charge in [-0.25, -0.2) is 18.1 Å². The fraction of sp³-hybridized carbons (Fsp3) is 0.256. The van der Waals surface area contributed by atoms with E-state index in [1.54, 1.807) is 31.4 Å². The Morgan fingerprint density at radius 3 is 2.34 bits per heavy atom. The maximum atomic E-state index is 14.2. The molecule has 2 aliphatic rings. The number of carbonyl (C=O) groups excluding carboxylic acids is 4. The molecule has 1 saturated carbocycles. The molecule has 13 nitrogen and oxygen atoms in total. The van der Waals surface area contributed by atoms with Crippen molar-refractivity contribution < 1.29 is 37.1 Å². The van der Waals surface area contributed by atoms with E-state index < -0.39 is 63.3 Å². The minimum Gasteiger partial charge on any atom is -0.497 e. The first-order chi connectivity index (χ1) is 25.4. The quantitative estimate of drug-likeness (QED) is 0.137. The van der Waals surface area contributed by atoms with E-state index in [0.29, 0.717) is 28.1 Å². The molecule has 3 aromatic carbocycles. The Balaban J connectivity index is 1.30. The van der Waals surface area contributed by atoms with Crippen LogP contribution in [-0.2, 0) is 29.2 Å². The Bertz CT molecular complexity index is 2200. The molecular weight excluding hydrogens is 699 g/mol. The van der Waals surface area contributed by atoms with E-state index in [4.69, 9.17) is 14.5 Å². The number of amides is 4. The third-order valence-electron chi connectivity index (χ3n) is 9.44. The van der Waals surface area contributed by atoms with Crippen LogP contribution in [0.4, 0.5) is 0 Å². The highest BCUT2D eigenvalue weighted by Crippen LogP contribution is 2.45. The normalized spacial score (nSPS) is 21.2. The summed E-state index contributed by atoms with van der Waals surface area (Å²) in [7, 11) is -2.70. The zero-order valence-electron chi connectivity index (χ0n) is 29.2. The monoisotopic (exact) mass is 737 g/mol. The summed E-state index contributed by atoms with van der Waals surface area (Å²) >= 11 is 0. The lowest BCUT2D eigenvalue weighted by Gasteiger charge is -2.28. The molecule has 1 aliphatic heterocycles. The molecule has 3 N–H and O–H groups in total. The van der Waals surface area contributed by atoms with Crippen molar-refractivity contribution in [3.05, 3.63) is 110 Å². The molecule has 274 valence electrons. The van der Waals surface area contributed by atoms with Crippen molar-refractivity contribution in [1.29, 1.82) is 0 Å². The number of carbonyl (C=O) groups is 4. The number of hydrogen-bond acceptors (Lipinski definition) is 9. The summed E-state index contributed by atoms with van der Waals surface area (Å²) in [6, 6.07) is 21.9. The third-order valence-corrected chi connectivity index (χ3v) is 10.8. The second kappa shape index (κ2) is 14.9. The van der Waals surface area contributed by atoms with Crippen LogP contribution in [0.3, 0.4) is 0 Å². The van der Waals surface area contributed by atoms with E-state index in [1.807, 2.05) is 36.4 Å². The number of nitrogens with zero attached hydrogens (tertiary/aromatic N) is 2. The van der Waals surface area contributed by atoms with Crippen molar-refractivity contribution in [3.63, 3.8) is 0 Å². The average molecular weight is 738 g/mol. The first-order valence-electron chi connectivity index (χ1n) is 16.9. The zero-order chi connectivity index (χ0) is 37.9. The fourth-order valence-corrected chi connectivity index (χ4v) is 7.56. The molecule has 1 unspecified atom stereocenters. The number of pyridine rings is 1. The minimum absolute atomic E-state index is 0.0130. The molecule has 2 heterocycles. The largest absolute Gasteiger partial charge is 0.497 e. The van der Waals surface area contributed by atoms with Gasteiger partial charge in [-0.15, -0.1) is 6.58 Å². The van der Waals surface area contributed by atoms with Gasteiger partial charge in [0.1, 0.15) is 35.2 Å². The standard InChI is InChI=1S/C39H39N5O8S/c1-5-26-22-39(26,38(48)43-53(49,50)29-15-11-8-12-16-29)42-36(46)33-20-28(23-44(33)37(47)24(3)40-35(45)6-2)52-34-21-31(25-13-9-7-10-14-25)41-32-19-27(51-4)17-18-30(32)34/h5-19,21,24,26,28,33H,1-2,20,22-23H2,3-4H3,(H,40,45)(H,42,46)(H,43,48)/t24?,26-,28-,33+,39-/m1/s1. The Kier molecular flexibility index (Phi) is 10.3. The Labute approximate surface area is 307 Å². The van der Waals surface area contributed by atoms with Crippen LogP contribution in [0.5, 0.6) is 11.5 Å². The van der Waals surface area contributed by atoms with Gasteiger partial charge in [0.2, 0.25) is 17.7 Å². The average Bonchev–Trinajstić information content (AvgIpc) is 3.73. The lowest BCUT2D eigenvalue weighted by molar-refractivity contribution is -0.141. The van der Waals surface area contributed by atoms with Gasteiger partial charge in [0.25, 0.3) is 15.9 Å². The van der Waals surface area contributed by atoms with Gasteiger partial charge < -0.3 is 25.0 Å². The first kappa shape index (κ1) is 36.8. The van der Waals surface area contributed by atoms with Crippen LogP contribution in [-0.4, -0.2) is 79.3 Å². The maximum absolute atomic E-state index is 14.2. The number of likely N-dealkylation sites (tertiary alicyclic amines) is 1. The summed E-state index contributed by atoms with van der Waals surface area (Å²) in [6.07, 6.45) is 1.90. The molecule has 6 rings (SSSR count). The Morgan fingerprint density at radius 2 is 1.70 bits per heavy atom. The van der Waals surface area contributed by atoms with E-state index in [2.05, 4.69) is 28.5 Å². The van der Waals surface area contributed by atoms with Gasteiger partial charge >= 0.3 is 0 Å². The minimum atomic E-state index is -4.26. The number of sulfonamides is 1. The summed E-state index contributed by atoms with van der Waals surface area (Å²) in [6.45, 7) is 8.64. The molecule has 4 amide bonds. The number of hydrogen-bond donors (Lipinski definition) is 3. The molecule has 1 aromatic heterocycles. The summed E-state index contributed by atoms with van der Waals surface area (Å²) in [5.41, 5.74) is 0.449. The Morgan fingerprint density at radius 1 is 1.00 bits per heavy atom. The van der Waals surface area contributed by atoms with E-state index in [0.717, 1.165) is 11.6 Å². The Hall–Kier alpha value is -6.02. The highest BCUT2D eigenvalue weighted by molar-refractivity contribution is 7.90. The number of methoxy groups -OCH3 is 1. The van der Waals surface area contributed by atoms with Gasteiger partial charge in [0.15, 0.2) is 0 Å². The zero-order valence-corrected chi connectivity index (χ0v) is 30.0. The van der Waals surface area contributed by atoms with E-state index in [-0.39, 0.29) is 24.3 Å². The number of aromatic nitrogens is 1. The summed E-state index contributed by atoms with van der Waals surface area (Å²) in [5.74, 6) is -2.29. The van der Waals surface area contributed by atoms with Crippen molar-refractivity contribution in [1.82, 2.24) is 25.2 Å². The van der Waals surface area contributed by atoms with Crippen LogP contribution < -0.4 is 24.8 Å². The smallest absolute Gasteiger partial charge is 0.264 e. The number of fused-ring (bicyclic) bond motifs is 1. The molecule has 4 aromatic rings. The second-order valence-electron chi connectivity index (χ2n) is 12.9. The van der Waals surface area contributed by atoms with Gasteiger partial charge in [-0.05, 0) is 43.7 Å². The molecule has 0 spiro atoms. The second-order valence-corrected chi connectivity index (χ2v) is 14.6. The van der Waals surface area contributed by atoms with Crippen molar-refractivity contribution in [2.24, 2.45) is 5.92 Å². The van der Waals surface area contributed by atoms with Gasteiger partial charge in [-0.2, -0.15) is 0 Å². The van der Waals surface area contributed by atoms with E-state index in [9.17, 15) is 27.6 Å². The van der Waals surface area contributed by atoms with Crippen LogP contribution in [0.1, 0.15) is 19.8 Å². The molecule has 2 fully saturated rings. The summed E-state index contributed by atoms with van der Waals surface area (Å²) in [5, 5.41) is 5.97. The van der Waals surface area contributed by atoms with Gasteiger partial charge in [-0.3, -0.25) is 19.2 Å². The van der Waals surface area contributed by atoms with Crippen LogP contribution in [0.2, 0.25) is 0 Å². The molecule has 1 aliphatic carbocycles. The van der Waals surface area contributed by atoms with Gasteiger partial charge in [0, 0.05) is 35.4 Å². The van der Waals surface area contributed by atoms with Crippen LogP contribution in [0, 0.1) is 5.92 Å². The number of benzene rings is 3. The SMILES string of the molecule is C=CC(=O)NC(C)C(=O)N1C[C@H](Oc2cc(-c3ccccc3)nc3cc(OC)ccc23)C[C@H]1C(=O)N[C@]1(C(=O)NS(=O)(=O)c2ccccc2)C[C@H]1C=C. The summed E-state index contributed by atoms with van der Waals surface area (Å²) in [4.78, 5) is 59.8. The van der Waals surface area contributed by atoms with Gasteiger partial charge in [0.05, 0.1) is 29.8 Å². The maximum Gasteiger partial charge on any atom is 0.264 e. The predicted molar refractivity (Wildman–Crippen MR) is 197 cm³/mol. The highest BCUT2D eigenvalue weighted by atomic mass is 32.2. The van der Waals surface area contributed by atoms with Gasteiger partial charge in [-0.1, -0.05) is 61.2 Å². The molecule has 0 bridgehead atoms. The molecule has 14 heteroatoms. The summed E-state index contributed by atoms with van der Waals surface area (Å²) < 4.78 is 40.2. The van der Waals surface area contributed by atoms with Crippen molar-refractivity contribution in [2.45, 2.75) is 48.4 Å². The predicted octanol–water partition coefficient (Wildman–Crippen LogP) is 3.52. The van der Waals surface area contributed by atoms with Crippen molar-refractivity contribution in [3.8, 4) is 22.8 Å². The topological polar surface area (TPSA) is 173 Å². The lowest BCUT2D eigenvalue weighted by Crippen LogP contribution is -2.57. The number of rotatable bonds is 13. The fourth-order valence-electron chi connectivity index (χ4n) is 6.50. The number of nitrogens with one attached hydrogen (secondary N) is 3. The van der Waals surface area contributed by atoms with Crippen LogP contribution in [0.25, 0.3) is 22.2 Å². The third kappa shape index (κ3) is 7.63. The number of ether oxygens (including phenoxy) is 2.